The number of nitrogens with zero attached hydrogens (tertiary/aromatic N) is 5. The van der Waals surface area contributed by atoms with E-state index in [9.17, 15) is 0 Å². The molecule has 3 heterocycles. The van der Waals surface area contributed by atoms with Gasteiger partial charge in [0.2, 0.25) is 5.95 Å². The molecule has 0 N–H and O–H groups in total. The van der Waals surface area contributed by atoms with Crippen LogP contribution in [-0.2, 0) is 0 Å². The third-order valence-corrected chi connectivity index (χ3v) is 4.67. The van der Waals surface area contributed by atoms with Crippen LogP contribution in [0.5, 0.6) is 0 Å². The summed E-state index contributed by atoms with van der Waals surface area (Å²) in [6.45, 7) is 6.24. The zero-order chi connectivity index (χ0) is 16.0. The van der Waals surface area contributed by atoms with Crippen molar-refractivity contribution in [1.82, 2.24) is 19.5 Å². The number of hydrogen-bond donors (Lipinski definition) is 0. The van der Waals surface area contributed by atoms with Crippen molar-refractivity contribution >= 4 is 32.9 Å². The summed E-state index contributed by atoms with van der Waals surface area (Å²) in [6, 6.07) is 8.80. The number of halogens is 1. The molecule has 0 amide bonds. The molecular formula is C17H18BrN5. The molecule has 1 saturated heterocycles. The predicted octanol–water partition coefficient (Wildman–Crippen LogP) is 3.77. The molecule has 118 valence electrons. The Labute approximate surface area is 143 Å². The van der Waals surface area contributed by atoms with Gasteiger partial charge in [-0.15, -0.1) is 0 Å². The first-order valence-electron chi connectivity index (χ1n) is 7.83. The van der Waals surface area contributed by atoms with Crippen molar-refractivity contribution in [2.75, 3.05) is 18.0 Å². The van der Waals surface area contributed by atoms with E-state index in [1.165, 1.54) is 5.52 Å². The van der Waals surface area contributed by atoms with Crippen LogP contribution in [0, 0.1) is 0 Å². The lowest BCUT2D eigenvalue weighted by atomic mass is 10.1. The van der Waals surface area contributed by atoms with E-state index in [-0.39, 0.29) is 0 Å². The van der Waals surface area contributed by atoms with E-state index in [1.807, 2.05) is 6.07 Å². The minimum absolute atomic E-state index is 0.403. The van der Waals surface area contributed by atoms with Crippen molar-refractivity contribution in [3.63, 3.8) is 0 Å². The van der Waals surface area contributed by atoms with Gasteiger partial charge < -0.3 is 9.47 Å². The number of aromatic nitrogens is 4. The highest BCUT2D eigenvalue weighted by Crippen LogP contribution is 2.32. The van der Waals surface area contributed by atoms with Crippen LogP contribution >= 0.6 is 15.9 Å². The van der Waals surface area contributed by atoms with Crippen molar-refractivity contribution in [3.05, 3.63) is 47.0 Å². The highest BCUT2D eigenvalue weighted by Gasteiger charge is 2.33. The summed E-state index contributed by atoms with van der Waals surface area (Å²) in [4.78, 5) is 15.8. The lowest BCUT2D eigenvalue weighted by Gasteiger charge is -2.41. The molecule has 1 aromatic carbocycles. The van der Waals surface area contributed by atoms with Crippen molar-refractivity contribution in [2.24, 2.45) is 0 Å². The van der Waals surface area contributed by atoms with Crippen molar-refractivity contribution < 1.29 is 0 Å². The molecule has 2 aromatic heterocycles. The minimum atomic E-state index is 0.403. The molecule has 3 aromatic rings. The predicted molar refractivity (Wildman–Crippen MR) is 94.8 cm³/mol. The molecule has 4 rings (SSSR count). The monoisotopic (exact) mass is 371 g/mol. The Kier molecular flexibility index (Phi) is 3.56. The molecule has 0 radical (unpaired) electrons. The molecule has 1 aliphatic rings. The van der Waals surface area contributed by atoms with E-state index in [0.29, 0.717) is 12.0 Å². The van der Waals surface area contributed by atoms with E-state index in [4.69, 9.17) is 4.98 Å². The van der Waals surface area contributed by atoms with Gasteiger partial charge in [-0.1, -0.05) is 26.0 Å². The van der Waals surface area contributed by atoms with Crippen LogP contribution in [0.1, 0.15) is 31.6 Å². The smallest absolute Gasteiger partial charge is 0.225 e. The van der Waals surface area contributed by atoms with E-state index in [2.05, 4.69) is 67.4 Å². The van der Waals surface area contributed by atoms with Gasteiger partial charge in [0.1, 0.15) is 5.82 Å². The fourth-order valence-electron chi connectivity index (χ4n) is 3.10. The zero-order valence-corrected chi connectivity index (χ0v) is 14.7. The summed E-state index contributed by atoms with van der Waals surface area (Å²) in [5, 5.41) is 0. The Morgan fingerprint density at radius 1 is 1.13 bits per heavy atom. The Balaban J connectivity index is 1.64. The fraction of sp³-hybridized carbons (Fsp3) is 0.353. The average Bonchev–Trinajstić information content (AvgIpc) is 2.88. The standard InChI is InChI=1S/C17H18BrN5/c1-11(2)16-21-14-5-3-4-6-15(14)23(16)13-9-22(10-13)17-19-7-12(18)8-20-17/h3-8,11,13H,9-10H2,1-2H3. The number of benzene rings is 1. The van der Waals surface area contributed by atoms with Crippen LogP contribution in [0.25, 0.3) is 11.0 Å². The second-order valence-electron chi connectivity index (χ2n) is 6.24. The van der Waals surface area contributed by atoms with E-state index in [1.54, 1.807) is 12.4 Å². The van der Waals surface area contributed by atoms with Crippen LogP contribution in [0.4, 0.5) is 5.95 Å². The van der Waals surface area contributed by atoms with E-state index in [0.717, 1.165) is 34.9 Å². The first kappa shape index (κ1) is 14.6. The minimum Gasteiger partial charge on any atom is -0.337 e. The lowest BCUT2D eigenvalue weighted by Crippen LogP contribution is -2.49. The van der Waals surface area contributed by atoms with E-state index >= 15 is 0 Å². The largest absolute Gasteiger partial charge is 0.337 e. The lowest BCUT2D eigenvalue weighted by molar-refractivity contribution is 0.387. The number of fused-ring (bicyclic) bond motifs is 1. The Hall–Kier alpha value is -1.95. The van der Waals surface area contributed by atoms with Gasteiger partial charge in [-0.05, 0) is 28.1 Å². The molecule has 0 bridgehead atoms. The van der Waals surface area contributed by atoms with Crippen molar-refractivity contribution in [3.8, 4) is 0 Å². The van der Waals surface area contributed by atoms with E-state index < -0.39 is 0 Å². The molecule has 6 heteroatoms. The Morgan fingerprint density at radius 3 is 2.52 bits per heavy atom. The molecule has 0 unspecified atom stereocenters. The highest BCUT2D eigenvalue weighted by molar-refractivity contribution is 9.10. The first-order valence-corrected chi connectivity index (χ1v) is 8.62. The summed E-state index contributed by atoms with van der Waals surface area (Å²) in [6.07, 6.45) is 3.59. The van der Waals surface area contributed by atoms with Crippen LogP contribution < -0.4 is 4.90 Å². The summed E-state index contributed by atoms with van der Waals surface area (Å²) in [5.41, 5.74) is 2.30. The molecule has 1 aliphatic heterocycles. The number of para-hydroxylation sites is 2. The Bertz CT molecular complexity index is 834. The summed E-state index contributed by atoms with van der Waals surface area (Å²) in [7, 11) is 0. The topological polar surface area (TPSA) is 46.8 Å². The van der Waals surface area contributed by atoms with Gasteiger partial charge in [-0.2, -0.15) is 0 Å². The third kappa shape index (κ3) is 2.51. The van der Waals surface area contributed by atoms with Crippen LogP contribution in [0.3, 0.4) is 0 Å². The van der Waals surface area contributed by atoms with Crippen LogP contribution in [-0.4, -0.2) is 32.6 Å². The van der Waals surface area contributed by atoms with Gasteiger partial charge in [-0.25, -0.2) is 15.0 Å². The SMILES string of the molecule is CC(C)c1nc2ccccc2n1C1CN(c2ncc(Br)cn2)C1. The molecule has 23 heavy (non-hydrogen) atoms. The van der Waals surface area contributed by atoms with Crippen LogP contribution in [0.2, 0.25) is 0 Å². The van der Waals surface area contributed by atoms with Gasteiger partial charge in [0.05, 0.1) is 21.5 Å². The van der Waals surface area contributed by atoms with Crippen molar-refractivity contribution in [1.29, 1.82) is 0 Å². The number of hydrogen-bond acceptors (Lipinski definition) is 4. The molecule has 1 fully saturated rings. The van der Waals surface area contributed by atoms with Gasteiger partial charge in [0.25, 0.3) is 0 Å². The molecule has 0 atom stereocenters. The number of rotatable bonds is 3. The molecule has 5 nitrogen and oxygen atoms in total. The second-order valence-corrected chi connectivity index (χ2v) is 7.16. The maximum atomic E-state index is 4.83. The normalized spacial score (nSPS) is 15.4. The first-order chi connectivity index (χ1) is 11.1. The Morgan fingerprint density at radius 2 is 1.83 bits per heavy atom. The molecule has 0 aliphatic carbocycles. The molecular weight excluding hydrogens is 354 g/mol. The number of imidazole rings is 1. The summed E-state index contributed by atoms with van der Waals surface area (Å²) >= 11 is 3.37. The van der Waals surface area contributed by atoms with Crippen LogP contribution in [0.15, 0.2) is 41.1 Å². The fourth-order valence-corrected chi connectivity index (χ4v) is 3.31. The zero-order valence-electron chi connectivity index (χ0n) is 13.1. The van der Waals surface area contributed by atoms with Gasteiger partial charge in [-0.3, -0.25) is 0 Å². The average molecular weight is 372 g/mol. The quantitative estimate of drug-likeness (QED) is 0.702. The summed E-state index contributed by atoms with van der Waals surface area (Å²) < 4.78 is 3.30. The van der Waals surface area contributed by atoms with Crippen molar-refractivity contribution in [2.45, 2.75) is 25.8 Å². The molecule has 0 saturated carbocycles. The highest BCUT2D eigenvalue weighted by atomic mass is 79.9. The maximum absolute atomic E-state index is 4.83. The van der Waals surface area contributed by atoms with Gasteiger partial charge >= 0.3 is 0 Å². The number of anilines is 1. The van der Waals surface area contributed by atoms with Gasteiger partial charge in [0.15, 0.2) is 0 Å². The maximum Gasteiger partial charge on any atom is 0.225 e. The molecule has 0 spiro atoms. The second kappa shape index (κ2) is 5.60. The van der Waals surface area contributed by atoms with Gasteiger partial charge in [0, 0.05) is 31.4 Å². The summed E-state index contributed by atoms with van der Waals surface area (Å²) in [5.74, 6) is 2.35. The third-order valence-electron chi connectivity index (χ3n) is 4.26.